The Morgan fingerprint density at radius 2 is 2.42 bits per heavy atom. The second-order valence-corrected chi connectivity index (χ2v) is 3.68. The van der Waals surface area contributed by atoms with Gasteiger partial charge in [0.2, 0.25) is 0 Å². The van der Waals surface area contributed by atoms with E-state index in [4.69, 9.17) is 10.00 Å². The fourth-order valence-electron chi connectivity index (χ4n) is 1.32. The van der Waals surface area contributed by atoms with E-state index in [9.17, 15) is 0 Å². The Morgan fingerprint density at radius 1 is 1.67 bits per heavy atom. The van der Waals surface area contributed by atoms with Crippen molar-refractivity contribution in [1.29, 1.82) is 5.26 Å². The van der Waals surface area contributed by atoms with E-state index in [0.717, 1.165) is 19.5 Å². The van der Waals surface area contributed by atoms with Gasteiger partial charge in [0.15, 0.2) is 0 Å². The fraction of sp³-hybridized carbons (Fsp3) is 0.889. The van der Waals surface area contributed by atoms with Crippen molar-refractivity contribution in [3.63, 3.8) is 0 Å². The summed E-state index contributed by atoms with van der Waals surface area (Å²) in [4.78, 5) is 0. The molecule has 0 bridgehead atoms. The van der Waals surface area contributed by atoms with Crippen LogP contribution in [0.2, 0.25) is 0 Å². The van der Waals surface area contributed by atoms with Gasteiger partial charge in [-0.15, -0.1) is 0 Å². The lowest BCUT2D eigenvalue weighted by Gasteiger charge is -2.20. The third-order valence-electron chi connectivity index (χ3n) is 2.17. The molecular formula is C9H16N2O. The van der Waals surface area contributed by atoms with Crippen LogP contribution in [0.4, 0.5) is 0 Å². The molecule has 12 heavy (non-hydrogen) atoms. The van der Waals surface area contributed by atoms with Crippen LogP contribution in [0.1, 0.15) is 20.3 Å². The molecule has 1 N–H and O–H groups in total. The molecule has 1 rings (SSSR count). The van der Waals surface area contributed by atoms with E-state index in [-0.39, 0.29) is 11.5 Å². The Labute approximate surface area is 73.7 Å². The summed E-state index contributed by atoms with van der Waals surface area (Å²) in [7, 11) is 0. The molecule has 1 aliphatic rings. The second kappa shape index (κ2) is 3.88. The number of nitrogens with zero attached hydrogens (tertiary/aromatic N) is 1. The van der Waals surface area contributed by atoms with Gasteiger partial charge in [-0.25, -0.2) is 0 Å². The molecule has 0 radical (unpaired) electrons. The molecular weight excluding hydrogens is 152 g/mol. The molecule has 68 valence electrons. The van der Waals surface area contributed by atoms with Crippen LogP contribution < -0.4 is 5.32 Å². The van der Waals surface area contributed by atoms with Crippen molar-refractivity contribution in [2.75, 3.05) is 19.7 Å². The highest BCUT2D eigenvalue weighted by molar-refractivity contribution is 5.04. The summed E-state index contributed by atoms with van der Waals surface area (Å²) in [5, 5.41) is 12.1. The Morgan fingerprint density at radius 3 is 2.83 bits per heavy atom. The maximum atomic E-state index is 8.96. The molecule has 0 aromatic carbocycles. The number of ether oxygens (including phenoxy) is 1. The minimum absolute atomic E-state index is 0.218. The summed E-state index contributed by atoms with van der Waals surface area (Å²) in [6, 6.07) is 2.35. The largest absolute Gasteiger partial charge is 0.377 e. The van der Waals surface area contributed by atoms with Crippen LogP contribution in [0, 0.1) is 16.7 Å². The summed E-state index contributed by atoms with van der Waals surface area (Å²) in [6.45, 7) is 6.26. The van der Waals surface area contributed by atoms with Gasteiger partial charge in [-0.3, -0.25) is 0 Å². The summed E-state index contributed by atoms with van der Waals surface area (Å²) in [5.74, 6) is 0. The molecule has 0 aliphatic carbocycles. The first-order valence-corrected chi connectivity index (χ1v) is 4.42. The van der Waals surface area contributed by atoms with Crippen LogP contribution in [0.3, 0.4) is 0 Å². The maximum absolute atomic E-state index is 8.96. The minimum atomic E-state index is -0.260. The standard InChI is InChI=1S/C9H16N2O/c1-8(2)12-7-9(5-10)3-4-11-6-9/h8,11H,3-4,6-7H2,1-2H3/t9-/m1/s1. The van der Waals surface area contributed by atoms with E-state index in [2.05, 4.69) is 11.4 Å². The van der Waals surface area contributed by atoms with Gasteiger partial charge in [0.05, 0.1) is 24.2 Å². The van der Waals surface area contributed by atoms with Gasteiger partial charge in [-0.2, -0.15) is 5.26 Å². The summed E-state index contributed by atoms with van der Waals surface area (Å²) in [6.07, 6.45) is 1.13. The first kappa shape index (κ1) is 9.50. The topological polar surface area (TPSA) is 45.0 Å². The molecule has 0 saturated carbocycles. The van der Waals surface area contributed by atoms with E-state index < -0.39 is 0 Å². The number of nitriles is 1. The highest BCUT2D eigenvalue weighted by Gasteiger charge is 2.34. The molecule has 3 nitrogen and oxygen atoms in total. The molecule has 1 atom stereocenters. The second-order valence-electron chi connectivity index (χ2n) is 3.68. The van der Waals surface area contributed by atoms with Crippen molar-refractivity contribution in [3.05, 3.63) is 0 Å². The van der Waals surface area contributed by atoms with E-state index in [1.54, 1.807) is 0 Å². The average Bonchev–Trinajstić information content (AvgIpc) is 2.50. The van der Waals surface area contributed by atoms with Crippen molar-refractivity contribution in [1.82, 2.24) is 5.32 Å². The van der Waals surface area contributed by atoms with Gasteiger partial charge in [-0.1, -0.05) is 0 Å². The van der Waals surface area contributed by atoms with Crippen LogP contribution in [0.15, 0.2) is 0 Å². The predicted octanol–water partition coefficient (Wildman–Crippen LogP) is 0.915. The van der Waals surface area contributed by atoms with E-state index in [1.165, 1.54) is 0 Å². The lowest BCUT2D eigenvalue weighted by molar-refractivity contribution is 0.0353. The summed E-state index contributed by atoms with van der Waals surface area (Å²) in [5.41, 5.74) is -0.260. The molecule has 1 heterocycles. The van der Waals surface area contributed by atoms with Crippen LogP contribution in [0.25, 0.3) is 0 Å². The molecule has 1 fully saturated rings. The molecule has 1 saturated heterocycles. The predicted molar refractivity (Wildman–Crippen MR) is 46.6 cm³/mol. The SMILES string of the molecule is CC(C)OC[C@@]1(C#N)CCNC1. The van der Waals surface area contributed by atoms with Gasteiger partial charge in [0.1, 0.15) is 0 Å². The van der Waals surface area contributed by atoms with Gasteiger partial charge in [0.25, 0.3) is 0 Å². The first-order chi connectivity index (χ1) is 5.68. The summed E-state index contributed by atoms with van der Waals surface area (Å²) >= 11 is 0. The van der Waals surface area contributed by atoms with E-state index in [1.807, 2.05) is 13.8 Å². The van der Waals surface area contributed by atoms with Crippen molar-refractivity contribution < 1.29 is 4.74 Å². The van der Waals surface area contributed by atoms with Gasteiger partial charge in [-0.05, 0) is 26.8 Å². The van der Waals surface area contributed by atoms with Gasteiger partial charge < -0.3 is 10.1 Å². The van der Waals surface area contributed by atoms with Crippen LogP contribution in [-0.2, 0) is 4.74 Å². The Kier molecular flexibility index (Phi) is 3.07. The van der Waals surface area contributed by atoms with Crippen molar-refractivity contribution in [2.24, 2.45) is 5.41 Å². The lowest BCUT2D eigenvalue weighted by Crippen LogP contribution is -2.29. The number of nitrogens with one attached hydrogen (secondary N) is 1. The first-order valence-electron chi connectivity index (χ1n) is 4.42. The zero-order valence-corrected chi connectivity index (χ0v) is 7.76. The fourth-order valence-corrected chi connectivity index (χ4v) is 1.32. The minimum Gasteiger partial charge on any atom is -0.377 e. The van der Waals surface area contributed by atoms with Crippen molar-refractivity contribution in [3.8, 4) is 6.07 Å². The normalized spacial score (nSPS) is 29.2. The smallest absolute Gasteiger partial charge is 0.0942 e. The average molecular weight is 168 g/mol. The molecule has 3 heteroatoms. The third kappa shape index (κ3) is 2.20. The monoisotopic (exact) mass is 168 g/mol. The number of hydrogen-bond donors (Lipinski definition) is 1. The van der Waals surface area contributed by atoms with Crippen LogP contribution >= 0.6 is 0 Å². The van der Waals surface area contributed by atoms with Crippen molar-refractivity contribution in [2.45, 2.75) is 26.4 Å². The third-order valence-corrected chi connectivity index (χ3v) is 2.17. The molecule has 0 unspecified atom stereocenters. The lowest BCUT2D eigenvalue weighted by atomic mass is 9.90. The quantitative estimate of drug-likeness (QED) is 0.681. The zero-order chi connectivity index (χ0) is 9.03. The van der Waals surface area contributed by atoms with Crippen LogP contribution in [-0.4, -0.2) is 25.8 Å². The van der Waals surface area contributed by atoms with Gasteiger partial charge >= 0.3 is 0 Å². The van der Waals surface area contributed by atoms with Gasteiger partial charge in [0, 0.05) is 6.54 Å². The molecule has 0 aromatic rings. The molecule has 0 spiro atoms. The Bertz CT molecular complexity index is 177. The summed E-state index contributed by atoms with van der Waals surface area (Å²) < 4.78 is 5.46. The Hall–Kier alpha value is -0.590. The highest BCUT2D eigenvalue weighted by Crippen LogP contribution is 2.24. The molecule has 0 aromatic heterocycles. The zero-order valence-electron chi connectivity index (χ0n) is 7.76. The maximum Gasteiger partial charge on any atom is 0.0942 e. The number of hydrogen-bond acceptors (Lipinski definition) is 3. The molecule has 1 aliphatic heterocycles. The Balaban J connectivity index is 2.41. The van der Waals surface area contributed by atoms with Crippen molar-refractivity contribution >= 4 is 0 Å². The van der Waals surface area contributed by atoms with E-state index >= 15 is 0 Å². The highest BCUT2D eigenvalue weighted by atomic mass is 16.5. The van der Waals surface area contributed by atoms with Crippen LogP contribution in [0.5, 0.6) is 0 Å². The number of rotatable bonds is 3. The molecule has 0 amide bonds. The van der Waals surface area contributed by atoms with E-state index in [0.29, 0.717) is 6.61 Å².